The largest absolute Gasteiger partial charge is 0.300 e. The molecule has 0 unspecified atom stereocenters. The van der Waals surface area contributed by atoms with Crippen molar-refractivity contribution in [1.29, 1.82) is 0 Å². The van der Waals surface area contributed by atoms with Crippen LogP contribution in [0.3, 0.4) is 0 Å². The minimum Gasteiger partial charge on any atom is -0.300 e. The lowest BCUT2D eigenvalue weighted by Gasteiger charge is -2.17. The first-order valence-corrected chi connectivity index (χ1v) is 7.07. The van der Waals surface area contributed by atoms with Crippen LogP contribution in [-0.4, -0.2) is 16.7 Å². The van der Waals surface area contributed by atoms with Crippen LogP contribution in [0.2, 0.25) is 15.3 Å². The van der Waals surface area contributed by atoms with Crippen molar-refractivity contribution < 1.29 is 9.59 Å². The highest BCUT2D eigenvalue weighted by Crippen LogP contribution is 2.33. The number of carbonyl (C=O) groups excluding carboxylic acids is 2. The van der Waals surface area contributed by atoms with Crippen LogP contribution in [-0.2, 0) is 11.3 Å². The van der Waals surface area contributed by atoms with Crippen molar-refractivity contribution in [2.45, 2.75) is 6.54 Å². The second-order valence-electron chi connectivity index (χ2n) is 4.47. The summed E-state index contributed by atoms with van der Waals surface area (Å²) in [5.74, 6) is -1.19. The number of Topliss-reactive ketones (excluding diaryl/α,β-unsaturated/α-hetero) is 1. The number of carbonyl (C=O) groups is 2. The lowest BCUT2D eigenvalue weighted by atomic mass is 10.1. The quantitative estimate of drug-likeness (QED) is 0.617. The van der Waals surface area contributed by atoms with Gasteiger partial charge in [0, 0.05) is 10.6 Å². The Morgan fingerprint density at radius 2 is 1.81 bits per heavy atom. The van der Waals surface area contributed by atoms with E-state index in [1.54, 1.807) is 24.3 Å². The molecule has 4 nitrogen and oxygen atoms in total. The predicted molar refractivity (Wildman–Crippen MR) is 81.2 cm³/mol. The van der Waals surface area contributed by atoms with Gasteiger partial charge in [0.25, 0.3) is 11.7 Å². The van der Waals surface area contributed by atoms with Crippen LogP contribution in [0.15, 0.2) is 30.3 Å². The van der Waals surface area contributed by atoms with E-state index in [0.29, 0.717) is 21.8 Å². The van der Waals surface area contributed by atoms with Crippen LogP contribution in [0, 0.1) is 0 Å². The van der Waals surface area contributed by atoms with E-state index >= 15 is 0 Å². The van der Waals surface area contributed by atoms with Crippen molar-refractivity contribution in [2.24, 2.45) is 0 Å². The third-order valence-corrected chi connectivity index (χ3v) is 3.93. The van der Waals surface area contributed by atoms with E-state index in [4.69, 9.17) is 34.8 Å². The van der Waals surface area contributed by atoms with E-state index in [1.807, 2.05) is 0 Å². The number of pyridine rings is 1. The standard InChI is InChI=1S/C14H7Cl3N2O2/c15-8-2-3-10-9(5-8)12(20)14(21)19(10)6-7-1-4-11(16)18-13(7)17/h1-5H,6H2. The second kappa shape index (κ2) is 5.30. The van der Waals surface area contributed by atoms with Crippen LogP contribution in [0.4, 0.5) is 5.69 Å². The molecule has 1 aromatic heterocycles. The molecule has 2 aromatic rings. The molecule has 1 aromatic carbocycles. The third-order valence-electron chi connectivity index (χ3n) is 3.15. The Hall–Kier alpha value is -1.62. The molecule has 1 aliphatic heterocycles. The summed E-state index contributed by atoms with van der Waals surface area (Å²) in [5, 5.41) is 0.868. The molecule has 0 fully saturated rings. The van der Waals surface area contributed by atoms with E-state index in [1.165, 1.54) is 11.0 Å². The number of fused-ring (bicyclic) bond motifs is 1. The molecule has 106 valence electrons. The maximum atomic E-state index is 12.1. The first-order chi connectivity index (χ1) is 9.97. The number of hydrogen-bond acceptors (Lipinski definition) is 3. The number of nitrogens with zero attached hydrogens (tertiary/aromatic N) is 2. The monoisotopic (exact) mass is 340 g/mol. The zero-order chi connectivity index (χ0) is 15.1. The average molecular weight is 342 g/mol. The van der Waals surface area contributed by atoms with Gasteiger partial charge in [0.15, 0.2) is 0 Å². The highest BCUT2D eigenvalue weighted by Gasteiger charge is 2.36. The van der Waals surface area contributed by atoms with Crippen molar-refractivity contribution in [3.8, 4) is 0 Å². The molecule has 1 aliphatic rings. The van der Waals surface area contributed by atoms with Crippen molar-refractivity contribution in [1.82, 2.24) is 4.98 Å². The van der Waals surface area contributed by atoms with Gasteiger partial charge in [-0.25, -0.2) is 4.98 Å². The molecule has 21 heavy (non-hydrogen) atoms. The van der Waals surface area contributed by atoms with Crippen LogP contribution in [0.1, 0.15) is 15.9 Å². The maximum absolute atomic E-state index is 12.1. The van der Waals surface area contributed by atoms with E-state index in [9.17, 15) is 9.59 Å². The topological polar surface area (TPSA) is 50.3 Å². The summed E-state index contributed by atoms with van der Waals surface area (Å²) in [6.45, 7) is 0.141. The lowest BCUT2D eigenvalue weighted by molar-refractivity contribution is -0.114. The van der Waals surface area contributed by atoms with Gasteiger partial charge in [-0.05, 0) is 24.3 Å². The highest BCUT2D eigenvalue weighted by atomic mass is 35.5. The van der Waals surface area contributed by atoms with E-state index in [2.05, 4.69) is 4.98 Å². The van der Waals surface area contributed by atoms with Gasteiger partial charge in [0.05, 0.1) is 17.8 Å². The molecule has 0 N–H and O–H groups in total. The van der Waals surface area contributed by atoms with Gasteiger partial charge in [0.2, 0.25) is 0 Å². The summed E-state index contributed by atoms with van der Waals surface area (Å²) < 4.78 is 0. The fraction of sp³-hybridized carbons (Fsp3) is 0.0714. The number of hydrogen-bond donors (Lipinski definition) is 0. The predicted octanol–water partition coefficient (Wildman–Crippen LogP) is 3.77. The molecule has 0 saturated carbocycles. The average Bonchev–Trinajstić information content (AvgIpc) is 2.66. The Kier molecular flexibility index (Phi) is 3.61. The van der Waals surface area contributed by atoms with E-state index in [-0.39, 0.29) is 16.9 Å². The van der Waals surface area contributed by atoms with Gasteiger partial charge in [-0.1, -0.05) is 40.9 Å². The van der Waals surface area contributed by atoms with Crippen molar-refractivity contribution in [3.63, 3.8) is 0 Å². The molecule has 1 amide bonds. The molecule has 2 heterocycles. The van der Waals surface area contributed by atoms with Crippen molar-refractivity contribution in [3.05, 3.63) is 56.8 Å². The number of benzene rings is 1. The van der Waals surface area contributed by atoms with Crippen LogP contribution >= 0.6 is 34.8 Å². The first kappa shape index (κ1) is 14.3. The third kappa shape index (κ3) is 2.50. The molecular formula is C14H7Cl3N2O2. The minimum atomic E-state index is -0.613. The van der Waals surface area contributed by atoms with Gasteiger partial charge >= 0.3 is 0 Å². The van der Waals surface area contributed by atoms with Crippen molar-refractivity contribution in [2.75, 3.05) is 4.90 Å². The Balaban J connectivity index is 2.00. The number of aromatic nitrogens is 1. The first-order valence-electron chi connectivity index (χ1n) is 5.94. The van der Waals surface area contributed by atoms with Gasteiger partial charge in [0.1, 0.15) is 10.3 Å². The summed E-state index contributed by atoms with van der Waals surface area (Å²) in [5.41, 5.74) is 1.41. The molecule has 3 rings (SSSR count). The molecule has 0 aliphatic carbocycles. The van der Waals surface area contributed by atoms with E-state index in [0.717, 1.165) is 0 Å². The Bertz CT molecular complexity index is 777. The molecule has 0 radical (unpaired) electrons. The zero-order valence-corrected chi connectivity index (χ0v) is 12.7. The summed E-state index contributed by atoms with van der Waals surface area (Å²) in [6.07, 6.45) is 0. The zero-order valence-electron chi connectivity index (χ0n) is 10.4. The molecule has 0 saturated heterocycles. The number of rotatable bonds is 2. The number of amides is 1. The summed E-state index contributed by atoms with van der Waals surface area (Å²) in [7, 11) is 0. The van der Waals surface area contributed by atoms with Crippen molar-refractivity contribution >= 4 is 52.2 Å². The van der Waals surface area contributed by atoms with Crippen LogP contribution in [0.25, 0.3) is 0 Å². The summed E-state index contributed by atoms with van der Waals surface area (Å²) in [6, 6.07) is 7.99. The number of halogens is 3. The molecular weight excluding hydrogens is 335 g/mol. The number of anilines is 1. The van der Waals surface area contributed by atoms with Gasteiger partial charge in [-0.2, -0.15) is 0 Å². The van der Waals surface area contributed by atoms with E-state index < -0.39 is 11.7 Å². The maximum Gasteiger partial charge on any atom is 0.299 e. The Morgan fingerprint density at radius 1 is 1.05 bits per heavy atom. The second-order valence-corrected chi connectivity index (χ2v) is 5.65. The highest BCUT2D eigenvalue weighted by molar-refractivity contribution is 6.52. The fourth-order valence-electron chi connectivity index (χ4n) is 2.16. The molecule has 0 spiro atoms. The summed E-state index contributed by atoms with van der Waals surface area (Å²) in [4.78, 5) is 29.3. The number of ketones is 1. The Morgan fingerprint density at radius 3 is 2.52 bits per heavy atom. The fourth-order valence-corrected chi connectivity index (χ4v) is 2.74. The van der Waals surface area contributed by atoms with Gasteiger partial charge in [-0.15, -0.1) is 0 Å². The Labute approximate surface area is 135 Å². The normalized spacial score (nSPS) is 13.8. The minimum absolute atomic E-state index is 0.141. The SMILES string of the molecule is O=C1C(=O)N(Cc2ccc(Cl)nc2Cl)c2ccc(Cl)cc21. The van der Waals surface area contributed by atoms with Gasteiger partial charge in [-0.3, -0.25) is 9.59 Å². The molecule has 0 atom stereocenters. The lowest BCUT2D eigenvalue weighted by Crippen LogP contribution is -2.29. The van der Waals surface area contributed by atoms with Crippen LogP contribution in [0.5, 0.6) is 0 Å². The summed E-state index contributed by atoms with van der Waals surface area (Å²) >= 11 is 17.6. The molecule has 7 heteroatoms. The smallest absolute Gasteiger partial charge is 0.299 e. The molecule has 0 bridgehead atoms. The van der Waals surface area contributed by atoms with Gasteiger partial charge < -0.3 is 4.90 Å². The van der Waals surface area contributed by atoms with Crippen LogP contribution < -0.4 is 4.90 Å².